The molecule has 5 heteroatoms. The standard InChI is InChI=1S/C10H15FN2O2/c1-15-10-8(2-6(11)4-13-10)9-3-7(14)5-12-9/h4,7-9,12,14H,2-3,5H2,1H3/t7-,8?,9-/m1/s1. The van der Waals surface area contributed by atoms with Crippen LogP contribution in [0, 0.1) is 5.92 Å². The maximum atomic E-state index is 13.1. The van der Waals surface area contributed by atoms with Crippen LogP contribution in [0.4, 0.5) is 4.39 Å². The van der Waals surface area contributed by atoms with Gasteiger partial charge in [-0.2, -0.15) is 0 Å². The zero-order valence-electron chi connectivity index (χ0n) is 8.61. The summed E-state index contributed by atoms with van der Waals surface area (Å²) in [7, 11) is 1.54. The molecule has 0 bridgehead atoms. The Morgan fingerprint density at radius 1 is 1.67 bits per heavy atom. The van der Waals surface area contributed by atoms with Crippen LogP contribution in [0.3, 0.4) is 0 Å². The number of ether oxygens (including phenoxy) is 1. The van der Waals surface area contributed by atoms with Gasteiger partial charge in [-0.15, -0.1) is 0 Å². The predicted molar refractivity (Wildman–Crippen MR) is 54.2 cm³/mol. The zero-order valence-corrected chi connectivity index (χ0v) is 8.61. The van der Waals surface area contributed by atoms with Gasteiger partial charge in [-0.05, 0) is 6.42 Å². The number of hydrogen-bond donors (Lipinski definition) is 2. The summed E-state index contributed by atoms with van der Waals surface area (Å²) in [6.07, 6.45) is 1.78. The number of aliphatic imine (C=N–C) groups is 1. The molecule has 0 aromatic carbocycles. The Balaban J connectivity index is 2.08. The van der Waals surface area contributed by atoms with E-state index in [1.807, 2.05) is 0 Å². The fourth-order valence-electron chi connectivity index (χ4n) is 2.15. The minimum atomic E-state index is -0.345. The van der Waals surface area contributed by atoms with Gasteiger partial charge in [0.25, 0.3) is 0 Å². The van der Waals surface area contributed by atoms with Gasteiger partial charge < -0.3 is 15.2 Å². The van der Waals surface area contributed by atoms with Crippen molar-refractivity contribution >= 4 is 5.90 Å². The monoisotopic (exact) mass is 214 g/mol. The Morgan fingerprint density at radius 2 is 2.47 bits per heavy atom. The first-order valence-corrected chi connectivity index (χ1v) is 5.08. The maximum absolute atomic E-state index is 13.1. The van der Waals surface area contributed by atoms with Crippen molar-refractivity contribution in [1.29, 1.82) is 0 Å². The molecule has 0 aromatic rings. The van der Waals surface area contributed by atoms with Gasteiger partial charge in [-0.3, -0.25) is 0 Å². The Labute approximate surface area is 87.8 Å². The lowest BCUT2D eigenvalue weighted by Crippen LogP contribution is -2.37. The molecule has 0 spiro atoms. The highest BCUT2D eigenvalue weighted by Crippen LogP contribution is 2.27. The van der Waals surface area contributed by atoms with E-state index in [-0.39, 0.29) is 23.9 Å². The number of aliphatic hydroxyl groups excluding tert-OH is 1. The average molecular weight is 214 g/mol. The van der Waals surface area contributed by atoms with E-state index in [1.165, 1.54) is 13.3 Å². The molecule has 15 heavy (non-hydrogen) atoms. The van der Waals surface area contributed by atoms with Gasteiger partial charge in [0.2, 0.25) is 0 Å². The summed E-state index contributed by atoms with van der Waals surface area (Å²) in [5.74, 6) is 0.212. The molecule has 2 aliphatic rings. The molecule has 2 aliphatic heterocycles. The first-order chi connectivity index (χ1) is 7.20. The Morgan fingerprint density at radius 3 is 3.07 bits per heavy atom. The molecular formula is C10H15FN2O2. The van der Waals surface area contributed by atoms with Crippen LogP contribution in [-0.2, 0) is 4.74 Å². The average Bonchev–Trinajstić information content (AvgIpc) is 2.65. The van der Waals surface area contributed by atoms with Crippen LogP contribution < -0.4 is 5.32 Å². The van der Waals surface area contributed by atoms with Gasteiger partial charge in [-0.25, -0.2) is 9.38 Å². The van der Waals surface area contributed by atoms with Gasteiger partial charge in [0.05, 0.1) is 25.3 Å². The van der Waals surface area contributed by atoms with Crippen LogP contribution in [0.15, 0.2) is 17.0 Å². The van der Waals surface area contributed by atoms with Crippen LogP contribution in [0.1, 0.15) is 12.8 Å². The highest BCUT2D eigenvalue weighted by molar-refractivity contribution is 5.81. The second-order valence-electron chi connectivity index (χ2n) is 3.96. The molecule has 2 N–H and O–H groups in total. The number of aliphatic hydroxyl groups is 1. The molecule has 2 rings (SSSR count). The number of nitrogens with one attached hydrogen (secondary N) is 1. The lowest BCUT2D eigenvalue weighted by atomic mass is 9.92. The fourth-order valence-corrected chi connectivity index (χ4v) is 2.15. The molecule has 0 saturated carbocycles. The third-order valence-corrected chi connectivity index (χ3v) is 2.90. The molecule has 3 atom stereocenters. The number of halogens is 1. The van der Waals surface area contributed by atoms with Gasteiger partial charge in [0, 0.05) is 19.0 Å². The third kappa shape index (κ3) is 2.18. The molecule has 0 aliphatic carbocycles. The van der Waals surface area contributed by atoms with Gasteiger partial charge in [-0.1, -0.05) is 0 Å². The van der Waals surface area contributed by atoms with Crippen molar-refractivity contribution in [3.8, 4) is 0 Å². The van der Waals surface area contributed by atoms with E-state index < -0.39 is 0 Å². The van der Waals surface area contributed by atoms with Crippen molar-refractivity contribution in [1.82, 2.24) is 5.32 Å². The molecule has 2 heterocycles. The van der Waals surface area contributed by atoms with Crippen molar-refractivity contribution in [3.63, 3.8) is 0 Å². The summed E-state index contributed by atoms with van der Waals surface area (Å²) < 4.78 is 18.2. The minimum absolute atomic E-state index is 0.0538. The van der Waals surface area contributed by atoms with Crippen molar-refractivity contribution < 1.29 is 14.2 Å². The summed E-state index contributed by atoms with van der Waals surface area (Å²) in [6, 6.07) is 0.0538. The molecule has 1 saturated heterocycles. The second kappa shape index (κ2) is 4.28. The predicted octanol–water partition coefficient (Wildman–Crippen LogP) is 0.585. The summed E-state index contributed by atoms with van der Waals surface area (Å²) >= 11 is 0. The Hall–Kier alpha value is -0.940. The summed E-state index contributed by atoms with van der Waals surface area (Å²) in [5.41, 5.74) is 0. The highest BCUT2D eigenvalue weighted by atomic mass is 19.1. The number of rotatable bonds is 1. The number of hydrogen-bond acceptors (Lipinski definition) is 4. The topological polar surface area (TPSA) is 53.9 Å². The number of allylic oxidation sites excluding steroid dienone is 1. The van der Waals surface area contributed by atoms with Crippen molar-refractivity contribution in [2.24, 2.45) is 10.9 Å². The minimum Gasteiger partial charge on any atom is -0.484 e. The van der Waals surface area contributed by atoms with Gasteiger partial charge in [0.15, 0.2) is 5.90 Å². The lowest BCUT2D eigenvalue weighted by Gasteiger charge is -2.25. The summed E-state index contributed by atoms with van der Waals surface area (Å²) in [6.45, 7) is 0.559. The van der Waals surface area contributed by atoms with Crippen LogP contribution in [-0.4, -0.2) is 36.8 Å². The number of methoxy groups -OCH3 is 1. The van der Waals surface area contributed by atoms with E-state index in [4.69, 9.17) is 4.74 Å². The molecule has 0 aromatic heterocycles. The Kier molecular flexibility index (Phi) is 3.02. The molecule has 1 unspecified atom stereocenters. The number of β-amino-alcohol motifs (C(OH)–C–C–N with tert-alkyl or cyclic N) is 1. The first-order valence-electron chi connectivity index (χ1n) is 5.08. The van der Waals surface area contributed by atoms with Gasteiger partial charge >= 0.3 is 0 Å². The molecule has 84 valence electrons. The fraction of sp³-hybridized carbons (Fsp3) is 0.700. The van der Waals surface area contributed by atoms with E-state index in [2.05, 4.69) is 10.3 Å². The maximum Gasteiger partial charge on any atom is 0.192 e. The van der Waals surface area contributed by atoms with Crippen LogP contribution in [0.25, 0.3) is 0 Å². The molecular weight excluding hydrogens is 199 g/mol. The largest absolute Gasteiger partial charge is 0.484 e. The molecule has 1 fully saturated rings. The normalized spacial score (nSPS) is 36.1. The quantitative estimate of drug-likeness (QED) is 0.671. The molecule has 4 nitrogen and oxygen atoms in total. The van der Waals surface area contributed by atoms with E-state index in [0.717, 1.165) is 0 Å². The van der Waals surface area contributed by atoms with E-state index in [1.54, 1.807) is 0 Å². The van der Waals surface area contributed by atoms with Crippen LogP contribution in [0.2, 0.25) is 0 Å². The molecule has 0 amide bonds. The first kappa shape index (κ1) is 10.6. The Bertz CT molecular complexity index is 304. The van der Waals surface area contributed by atoms with Crippen molar-refractivity contribution in [2.75, 3.05) is 13.7 Å². The molecule has 0 radical (unpaired) electrons. The van der Waals surface area contributed by atoms with E-state index in [0.29, 0.717) is 25.3 Å². The van der Waals surface area contributed by atoms with Crippen LogP contribution >= 0.6 is 0 Å². The lowest BCUT2D eigenvalue weighted by molar-refractivity contribution is 0.190. The van der Waals surface area contributed by atoms with Crippen LogP contribution in [0.5, 0.6) is 0 Å². The third-order valence-electron chi connectivity index (χ3n) is 2.90. The highest BCUT2D eigenvalue weighted by Gasteiger charge is 2.35. The number of nitrogens with zero attached hydrogens (tertiary/aromatic N) is 1. The van der Waals surface area contributed by atoms with E-state index >= 15 is 0 Å². The zero-order chi connectivity index (χ0) is 10.8. The van der Waals surface area contributed by atoms with Crippen molar-refractivity contribution in [2.45, 2.75) is 25.0 Å². The summed E-state index contributed by atoms with van der Waals surface area (Å²) in [4.78, 5) is 3.92. The SMILES string of the molecule is COC1=NC=C(F)CC1[C@H]1C[C@@H](O)CN1. The van der Waals surface area contributed by atoms with E-state index in [9.17, 15) is 9.50 Å². The van der Waals surface area contributed by atoms with Crippen molar-refractivity contribution in [3.05, 3.63) is 12.0 Å². The van der Waals surface area contributed by atoms with Gasteiger partial charge in [0.1, 0.15) is 5.83 Å². The summed E-state index contributed by atoms with van der Waals surface area (Å²) in [5, 5.41) is 12.6. The smallest absolute Gasteiger partial charge is 0.192 e. The second-order valence-corrected chi connectivity index (χ2v) is 3.96.